The van der Waals surface area contributed by atoms with E-state index in [9.17, 15) is 19.1 Å². The van der Waals surface area contributed by atoms with Gasteiger partial charge >= 0.3 is 0 Å². The zero-order valence-electron chi connectivity index (χ0n) is 11.4. The molecule has 0 aliphatic rings. The van der Waals surface area contributed by atoms with Gasteiger partial charge in [0.15, 0.2) is 0 Å². The summed E-state index contributed by atoms with van der Waals surface area (Å²) in [7, 11) is 0. The fraction of sp³-hybridized carbons (Fsp3) is 0.500. The standard InChI is InChI=1S/C12H16BrFN2O3S/c1-12(2,3)20(19)15-11(7-16(17)18)8-4-9(13)6-10(14)5-8/h4-6,11,15H,7H2,1-3H3/t11-,20?/m1/s1. The molecule has 0 amide bonds. The Morgan fingerprint density at radius 1 is 1.45 bits per heavy atom. The lowest BCUT2D eigenvalue weighted by molar-refractivity contribution is -0.483. The lowest BCUT2D eigenvalue weighted by atomic mass is 10.1. The lowest BCUT2D eigenvalue weighted by Crippen LogP contribution is -2.43. The van der Waals surface area contributed by atoms with Crippen LogP contribution in [0.3, 0.4) is 0 Å². The van der Waals surface area contributed by atoms with E-state index >= 15 is 0 Å². The van der Waals surface area contributed by atoms with Crippen LogP contribution in [0.15, 0.2) is 22.7 Å². The summed E-state index contributed by atoms with van der Waals surface area (Å²) in [6.07, 6.45) is 0. The average Bonchev–Trinajstić information content (AvgIpc) is 2.24. The van der Waals surface area contributed by atoms with Crippen molar-refractivity contribution in [3.63, 3.8) is 0 Å². The minimum Gasteiger partial charge on any atom is -0.598 e. The molecule has 0 bridgehead atoms. The van der Waals surface area contributed by atoms with Crippen molar-refractivity contribution in [2.45, 2.75) is 31.6 Å². The minimum absolute atomic E-state index is 0.381. The highest BCUT2D eigenvalue weighted by atomic mass is 79.9. The van der Waals surface area contributed by atoms with E-state index in [2.05, 4.69) is 20.7 Å². The van der Waals surface area contributed by atoms with E-state index < -0.39 is 39.4 Å². The molecular formula is C12H16BrFN2O3S. The zero-order valence-corrected chi connectivity index (χ0v) is 13.8. The molecule has 0 aromatic heterocycles. The van der Waals surface area contributed by atoms with Crippen LogP contribution in [0.4, 0.5) is 4.39 Å². The maximum atomic E-state index is 13.4. The molecule has 112 valence electrons. The number of rotatable bonds is 5. The van der Waals surface area contributed by atoms with E-state index in [1.165, 1.54) is 12.1 Å². The molecule has 0 saturated carbocycles. The Kier molecular flexibility index (Phi) is 5.93. The van der Waals surface area contributed by atoms with Crippen LogP contribution in [0.2, 0.25) is 0 Å². The quantitative estimate of drug-likeness (QED) is 0.493. The van der Waals surface area contributed by atoms with Gasteiger partial charge in [-0.3, -0.25) is 10.1 Å². The molecule has 0 heterocycles. The second kappa shape index (κ2) is 6.84. The third kappa shape index (κ3) is 5.35. The van der Waals surface area contributed by atoms with Crippen molar-refractivity contribution < 1.29 is 13.9 Å². The largest absolute Gasteiger partial charge is 0.598 e. The third-order valence-electron chi connectivity index (χ3n) is 2.42. The predicted molar refractivity (Wildman–Crippen MR) is 79.7 cm³/mol. The SMILES string of the molecule is CC(C)(C)[S+]([O-])N[C@H](C[N+](=O)[O-])c1cc(F)cc(Br)c1. The Hall–Kier alpha value is -0.700. The summed E-state index contributed by atoms with van der Waals surface area (Å²) >= 11 is 1.65. The molecule has 1 aromatic rings. The van der Waals surface area contributed by atoms with E-state index in [4.69, 9.17) is 0 Å². The number of hydrogen-bond donors (Lipinski definition) is 1. The van der Waals surface area contributed by atoms with E-state index in [0.29, 0.717) is 10.0 Å². The van der Waals surface area contributed by atoms with Crippen molar-refractivity contribution in [3.8, 4) is 0 Å². The van der Waals surface area contributed by atoms with Crippen LogP contribution >= 0.6 is 15.9 Å². The molecule has 0 fully saturated rings. The van der Waals surface area contributed by atoms with Crippen molar-refractivity contribution in [2.24, 2.45) is 0 Å². The first-order valence-corrected chi connectivity index (χ1v) is 7.79. The highest BCUT2D eigenvalue weighted by Crippen LogP contribution is 2.24. The minimum atomic E-state index is -1.49. The van der Waals surface area contributed by atoms with Gasteiger partial charge in [0, 0.05) is 20.8 Å². The molecule has 1 N–H and O–H groups in total. The van der Waals surface area contributed by atoms with Gasteiger partial charge in [0.05, 0.1) is 0 Å². The Labute approximate surface area is 128 Å². The Balaban J connectivity index is 3.02. The van der Waals surface area contributed by atoms with Crippen LogP contribution < -0.4 is 4.72 Å². The summed E-state index contributed by atoms with van der Waals surface area (Å²) < 4.78 is 28.1. The van der Waals surface area contributed by atoms with Gasteiger partial charge in [0.1, 0.15) is 16.6 Å². The van der Waals surface area contributed by atoms with Crippen LogP contribution in [0.25, 0.3) is 0 Å². The lowest BCUT2D eigenvalue weighted by Gasteiger charge is -2.26. The van der Waals surface area contributed by atoms with Gasteiger partial charge in [-0.2, -0.15) is 0 Å². The summed E-state index contributed by atoms with van der Waals surface area (Å²) in [6.45, 7) is 4.78. The molecule has 5 nitrogen and oxygen atoms in total. The second-order valence-corrected chi connectivity index (χ2v) is 8.18. The van der Waals surface area contributed by atoms with Gasteiger partial charge in [0.25, 0.3) is 0 Å². The molecule has 0 aliphatic carbocycles. The summed E-state index contributed by atoms with van der Waals surface area (Å²) in [6, 6.07) is 3.21. The normalized spacial score (nSPS) is 14.9. The predicted octanol–water partition coefficient (Wildman–Crippen LogP) is 2.96. The number of nitro groups is 1. The molecule has 8 heteroatoms. The number of nitrogens with one attached hydrogen (secondary N) is 1. The Morgan fingerprint density at radius 3 is 2.50 bits per heavy atom. The van der Waals surface area contributed by atoms with Gasteiger partial charge in [-0.15, -0.1) is 4.72 Å². The molecule has 1 unspecified atom stereocenters. The van der Waals surface area contributed by atoms with Gasteiger partial charge < -0.3 is 4.55 Å². The topological polar surface area (TPSA) is 78.2 Å². The van der Waals surface area contributed by atoms with Crippen molar-refractivity contribution >= 4 is 27.3 Å². The number of nitrogens with zero attached hydrogens (tertiary/aromatic N) is 1. The summed E-state index contributed by atoms with van der Waals surface area (Å²) in [5.74, 6) is -0.508. The Bertz CT molecular complexity index is 476. The van der Waals surface area contributed by atoms with Crippen LogP contribution in [0, 0.1) is 15.9 Å². The van der Waals surface area contributed by atoms with Crippen LogP contribution in [0.1, 0.15) is 32.4 Å². The fourth-order valence-corrected chi connectivity index (χ4v) is 2.75. The maximum absolute atomic E-state index is 13.4. The first-order valence-electron chi connectivity index (χ1n) is 5.85. The first-order chi connectivity index (χ1) is 9.09. The zero-order chi connectivity index (χ0) is 15.5. The number of benzene rings is 1. The van der Waals surface area contributed by atoms with Gasteiger partial charge in [-0.05, 0) is 44.5 Å². The van der Waals surface area contributed by atoms with Crippen molar-refractivity contribution in [1.29, 1.82) is 0 Å². The van der Waals surface area contributed by atoms with E-state index in [1.54, 1.807) is 26.8 Å². The van der Waals surface area contributed by atoms with E-state index in [1.807, 2.05) is 0 Å². The Morgan fingerprint density at radius 2 is 2.05 bits per heavy atom. The number of hydrogen-bond acceptors (Lipinski definition) is 4. The molecule has 0 radical (unpaired) electrons. The van der Waals surface area contributed by atoms with Crippen molar-refractivity contribution in [3.05, 3.63) is 44.2 Å². The van der Waals surface area contributed by atoms with Crippen molar-refractivity contribution in [2.75, 3.05) is 6.54 Å². The van der Waals surface area contributed by atoms with Crippen LogP contribution in [-0.2, 0) is 11.4 Å². The smallest absolute Gasteiger partial charge is 0.227 e. The third-order valence-corrected chi connectivity index (χ3v) is 4.49. The molecule has 0 spiro atoms. The van der Waals surface area contributed by atoms with Crippen LogP contribution in [0.5, 0.6) is 0 Å². The van der Waals surface area contributed by atoms with Gasteiger partial charge in [0.2, 0.25) is 6.54 Å². The summed E-state index contributed by atoms with van der Waals surface area (Å²) in [4.78, 5) is 10.2. The van der Waals surface area contributed by atoms with Gasteiger partial charge in [-0.25, -0.2) is 4.39 Å². The number of halogens is 2. The molecule has 0 saturated heterocycles. The van der Waals surface area contributed by atoms with E-state index in [-0.39, 0.29) is 0 Å². The van der Waals surface area contributed by atoms with Crippen molar-refractivity contribution in [1.82, 2.24) is 4.72 Å². The highest BCUT2D eigenvalue weighted by Gasteiger charge is 2.32. The highest BCUT2D eigenvalue weighted by molar-refractivity contribution is 9.10. The second-order valence-electron chi connectivity index (χ2n) is 5.27. The molecule has 20 heavy (non-hydrogen) atoms. The van der Waals surface area contributed by atoms with E-state index in [0.717, 1.165) is 0 Å². The molecule has 1 rings (SSSR count). The first kappa shape index (κ1) is 17.4. The summed E-state index contributed by atoms with van der Waals surface area (Å²) in [5.41, 5.74) is 0.381. The summed E-state index contributed by atoms with van der Waals surface area (Å²) in [5, 5.41) is 10.7. The molecular weight excluding hydrogens is 351 g/mol. The fourth-order valence-electron chi connectivity index (χ4n) is 1.44. The average molecular weight is 367 g/mol. The molecule has 2 atom stereocenters. The molecule has 1 aromatic carbocycles. The van der Waals surface area contributed by atoms with Gasteiger partial charge in [-0.1, -0.05) is 15.9 Å². The monoisotopic (exact) mass is 366 g/mol. The maximum Gasteiger partial charge on any atom is 0.227 e. The van der Waals surface area contributed by atoms with Crippen LogP contribution in [-0.4, -0.2) is 20.8 Å². The molecule has 0 aliphatic heterocycles.